The van der Waals surface area contributed by atoms with E-state index in [4.69, 9.17) is 0 Å². The minimum absolute atomic E-state index is 1.32. The van der Waals surface area contributed by atoms with Crippen LogP contribution in [0.15, 0.2) is 0 Å². The molecule has 0 atom stereocenters. The van der Waals surface area contributed by atoms with Crippen molar-refractivity contribution in [1.29, 1.82) is 0 Å². The molecule has 4 nitrogen and oxygen atoms in total. The molecule has 0 bridgehead atoms. The summed E-state index contributed by atoms with van der Waals surface area (Å²) in [6.07, 6.45) is 44.1. The van der Waals surface area contributed by atoms with E-state index < -0.39 is 8.72 Å². The lowest BCUT2D eigenvalue weighted by atomic mass is 10.2. The lowest BCUT2D eigenvalue weighted by molar-refractivity contribution is 0.150. The minimum atomic E-state index is -2.46. The largest absolute Gasteiger partial charge is 0.376 e. The van der Waals surface area contributed by atoms with Crippen molar-refractivity contribution in [2.75, 3.05) is 52.4 Å². The van der Waals surface area contributed by atoms with Gasteiger partial charge < -0.3 is 0 Å². The Morgan fingerprint density at radius 3 is 0.434 bits per heavy atom. The van der Waals surface area contributed by atoms with Crippen LogP contribution in [0.5, 0.6) is 0 Å². The third-order valence-corrected chi connectivity index (χ3v) is 17.1. The zero-order valence-electron chi connectivity index (χ0n) is 38.6. The fourth-order valence-electron chi connectivity index (χ4n) is 8.68. The van der Waals surface area contributed by atoms with Gasteiger partial charge in [-0.05, 0) is 104 Å². The van der Waals surface area contributed by atoms with E-state index in [1.165, 1.54) is 258 Å². The normalized spacial score (nSPS) is 12.5. The third-order valence-electron chi connectivity index (χ3n) is 11.9. The summed E-state index contributed by atoms with van der Waals surface area (Å²) in [6, 6.07) is 0. The Morgan fingerprint density at radius 2 is 0.321 bits per heavy atom. The highest BCUT2D eigenvalue weighted by Gasteiger charge is 2.55. The van der Waals surface area contributed by atoms with E-state index in [0.29, 0.717) is 0 Å². The summed E-state index contributed by atoms with van der Waals surface area (Å²) in [4.78, 5) is 0. The number of hydrogen-bond acceptors (Lipinski definition) is 4. The lowest BCUT2D eigenvalue weighted by Crippen LogP contribution is -2.84. The van der Waals surface area contributed by atoms with Crippen LogP contribution in [-0.4, -0.2) is 79.3 Å². The standard InChI is InChI=1S/C48H104N4Si/c1-9-17-25-33-41-49(42-34-26-18-10-2)53(50(43-35-27-19-11-3)44-36-28-20-12-4,51(45-37-29-21-13-5)46-38-30-22-14-6)52(47-39-31-23-15-7)48-40-32-24-16-8/h9-48H2,1-8H3. The molecular weight excluding hydrogens is 661 g/mol. The van der Waals surface area contributed by atoms with Gasteiger partial charge in [-0.1, -0.05) is 209 Å². The van der Waals surface area contributed by atoms with Crippen molar-refractivity contribution in [3.63, 3.8) is 0 Å². The highest BCUT2D eigenvalue weighted by atomic mass is 28.4. The van der Waals surface area contributed by atoms with Gasteiger partial charge in [-0.2, -0.15) is 0 Å². The van der Waals surface area contributed by atoms with Gasteiger partial charge in [0.15, 0.2) is 0 Å². The first-order valence-corrected chi connectivity index (χ1v) is 26.9. The van der Waals surface area contributed by atoms with E-state index in [9.17, 15) is 0 Å². The molecule has 0 N–H and O–H groups in total. The van der Waals surface area contributed by atoms with Crippen LogP contribution in [0.4, 0.5) is 0 Å². The van der Waals surface area contributed by atoms with Gasteiger partial charge in [0, 0.05) is 0 Å². The van der Waals surface area contributed by atoms with Crippen LogP contribution < -0.4 is 0 Å². The molecule has 0 unspecified atom stereocenters. The Kier molecular flexibility index (Phi) is 40.3. The second-order valence-corrected chi connectivity index (χ2v) is 20.8. The summed E-state index contributed by atoms with van der Waals surface area (Å²) >= 11 is 0. The molecule has 0 aromatic rings. The predicted molar refractivity (Wildman–Crippen MR) is 245 cm³/mol. The molecule has 0 aliphatic heterocycles. The van der Waals surface area contributed by atoms with Crippen LogP contribution in [-0.2, 0) is 0 Å². The lowest BCUT2D eigenvalue weighted by Gasteiger charge is -2.59. The molecule has 5 heteroatoms. The second kappa shape index (κ2) is 40.3. The first kappa shape index (κ1) is 53.1. The van der Waals surface area contributed by atoms with Gasteiger partial charge in [-0.25, -0.2) is 0 Å². The fourth-order valence-corrected chi connectivity index (χ4v) is 14.7. The summed E-state index contributed by atoms with van der Waals surface area (Å²) in [5.41, 5.74) is 0. The molecule has 0 aromatic carbocycles. The quantitative estimate of drug-likeness (QED) is 0.0452. The van der Waals surface area contributed by atoms with Crippen molar-refractivity contribution >= 4 is 8.72 Å². The van der Waals surface area contributed by atoms with Crippen LogP contribution in [0.2, 0.25) is 0 Å². The summed E-state index contributed by atoms with van der Waals surface area (Å²) in [5, 5.41) is 0. The Morgan fingerprint density at radius 1 is 0.189 bits per heavy atom. The molecule has 53 heavy (non-hydrogen) atoms. The molecule has 320 valence electrons. The van der Waals surface area contributed by atoms with E-state index >= 15 is 0 Å². The van der Waals surface area contributed by atoms with E-state index in [2.05, 4.69) is 73.7 Å². The monoisotopic (exact) mass is 765 g/mol. The first-order valence-electron chi connectivity index (χ1n) is 25.1. The second-order valence-electron chi connectivity index (χ2n) is 17.0. The van der Waals surface area contributed by atoms with Gasteiger partial charge >= 0.3 is 8.72 Å². The van der Waals surface area contributed by atoms with E-state index in [-0.39, 0.29) is 0 Å². The van der Waals surface area contributed by atoms with Crippen molar-refractivity contribution in [3.8, 4) is 0 Å². The number of unbranched alkanes of at least 4 members (excludes halogenated alkanes) is 24. The molecule has 0 amide bonds. The molecule has 0 aliphatic carbocycles. The first-order chi connectivity index (χ1) is 26.1. The van der Waals surface area contributed by atoms with Gasteiger partial charge in [-0.3, -0.25) is 18.3 Å². The van der Waals surface area contributed by atoms with Crippen molar-refractivity contribution in [1.82, 2.24) is 18.3 Å². The maximum absolute atomic E-state index is 3.32. The van der Waals surface area contributed by atoms with Gasteiger partial charge in [0.05, 0.1) is 0 Å². The number of hydrogen-bond donors (Lipinski definition) is 0. The Balaban J connectivity index is 7.79. The highest BCUT2D eigenvalue weighted by molar-refractivity contribution is 6.69. The zero-order chi connectivity index (χ0) is 39.1. The van der Waals surface area contributed by atoms with Crippen molar-refractivity contribution < 1.29 is 0 Å². The average molecular weight is 765 g/mol. The predicted octanol–water partition coefficient (Wildman–Crippen LogP) is 15.3. The van der Waals surface area contributed by atoms with Crippen LogP contribution in [0.25, 0.3) is 0 Å². The van der Waals surface area contributed by atoms with Gasteiger partial charge in [0.25, 0.3) is 0 Å². The average Bonchev–Trinajstić information content (AvgIpc) is 3.17. The topological polar surface area (TPSA) is 13.0 Å². The maximum Gasteiger partial charge on any atom is 0.376 e. The molecule has 0 fully saturated rings. The van der Waals surface area contributed by atoms with Crippen molar-refractivity contribution in [3.05, 3.63) is 0 Å². The van der Waals surface area contributed by atoms with Crippen LogP contribution >= 0.6 is 0 Å². The third kappa shape index (κ3) is 25.1. The van der Waals surface area contributed by atoms with Crippen molar-refractivity contribution in [2.24, 2.45) is 0 Å². The zero-order valence-corrected chi connectivity index (χ0v) is 39.6. The number of nitrogens with zero attached hydrogens (tertiary/aromatic N) is 4. The SMILES string of the molecule is CCCCCCN(CCCCCC)[Si](N(CCCCCC)CCCCCC)(N(CCCCCC)CCCCCC)N(CCCCCC)CCCCCC. The van der Waals surface area contributed by atoms with E-state index in [1.807, 2.05) is 0 Å². The molecule has 0 heterocycles. The van der Waals surface area contributed by atoms with Crippen LogP contribution in [0.3, 0.4) is 0 Å². The van der Waals surface area contributed by atoms with Gasteiger partial charge in [0.1, 0.15) is 0 Å². The molecule has 0 aromatic heterocycles. The molecule has 0 radical (unpaired) electrons. The van der Waals surface area contributed by atoms with Crippen LogP contribution in [0, 0.1) is 0 Å². The summed E-state index contributed by atoms with van der Waals surface area (Å²) < 4.78 is 13.3. The highest BCUT2D eigenvalue weighted by Crippen LogP contribution is 2.31. The molecule has 0 saturated heterocycles. The summed E-state index contributed by atoms with van der Waals surface area (Å²) in [7, 11) is -2.46. The Hall–Kier alpha value is 0.0569. The minimum Gasteiger partial charge on any atom is -0.287 e. The molecule has 0 spiro atoms. The Labute approximate surface area is 339 Å². The van der Waals surface area contributed by atoms with Crippen LogP contribution in [0.1, 0.15) is 261 Å². The smallest absolute Gasteiger partial charge is 0.287 e. The maximum atomic E-state index is 3.32. The van der Waals surface area contributed by atoms with Gasteiger partial charge in [-0.15, -0.1) is 0 Å². The molecule has 0 rings (SSSR count). The summed E-state index contributed by atoms with van der Waals surface area (Å²) in [6.45, 7) is 29.8. The van der Waals surface area contributed by atoms with Gasteiger partial charge in [0.2, 0.25) is 0 Å². The van der Waals surface area contributed by atoms with E-state index in [1.54, 1.807) is 0 Å². The number of rotatable bonds is 44. The fraction of sp³-hybridized carbons (Fsp3) is 1.00. The molecule has 0 saturated carbocycles. The molecule has 0 aliphatic rings. The van der Waals surface area contributed by atoms with E-state index in [0.717, 1.165) is 0 Å². The molecular formula is C48H104N4Si. The van der Waals surface area contributed by atoms with Crippen molar-refractivity contribution in [2.45, 2.75) is 261 Å². The Bertz CT molecular complexity index is 540. The summed E-state index contributed by atoms with van der Waals surface area (Å²) in [5.74, 6) is 0.